The lowest BCUT2D eigenvalue weighted by atomic mass is 10.1. The van der Waals surface area contributed by atoms with Gasteiger partial charge in [0.25, 0.3) is 11.5 Å². The number of carbonyl (C=O) groups excluding carboxylic acids is 2. The Balaban J connectivity index is 1.62. The molecule has 0 spiro atoms. The summed E-state index contributed by atoms with van der Waals surface area (Å²) in [6.45, 7) is 1.01. The fraction of sp³-hybridized carbons (Fsp3) is 0.308. The van der Waals surface area contributed by atoms with Crippen LogP contribution < -0.4 is 10.3 Å². The third-order valence-corrected chi connectivity index (χ3v) is 6.00. The van der Waals surface area contributed by atoms with Crippen LogP contribution >= 0.6 is 0 Å². The van der Waals surface area contributed by atoms with Gasteiger partial charge in [0, 0.05) is 57.3 Å². The van der Waals surface area contributed by atoms with Gasteiger partial charge >= 0.3 is 5.97 Å². The van der Waals surface area contributed by atoms with E-state index in [1.807, 2.05) is 30.3 Å². The Kier molecular flexibility index (Phi) is 7.57. The largest absolute Gasteiger partial charge is 0.488 e. The fourth-order valence-corrected chi connectivity index (χ4v) is 4.22. The smallest absolute Gasteiger partial charge is 0.343 e. The minimum atomic E-state index is -0.756. The van der Waals surface area contributed by atoms with Gasteiger partial charge in [-0.3, -0.25) is 14.6 Å². The molecule has 1 aromatic carbocycles. The second kappa shape index (κ2) is 11.0. The number of methoxy groups -OCH3 is 2. The van der Waals surface area contributed by atoms with Gasteiger partial charge in [-0.05, 0) is 23.3 Å². The summed E-state index contributed by atoms with van der Waals surface area (Å²) >= 11 is 0. The Labute approximate surface area is 202 Å². The zero-order valence-corrected chi connectivity index (χ0v) is 19.7. The molecule has 0 saturated carbocycles. The number of nitrogens with zero attached hydrogens (tertiary/aromatic N) is 3. The summed E-state index contributed by atoms with van der Waals surface area (Å²) in [6.07, 6.45) is 2.80. The summed E-state index contributed by atoms with van der Waals surface area (Å²) in [5.74, 6) is -0.644. The van der Waals surface area contributed by atoms with Gasteiger partial charge in [-0.15, -0.1) is 0 Å². The highest BCUT2D eigenvalue weighted by Crippen LogP contribution is 2.26. The van der Waals surface area contributed by atoms with Gasteiger partial charge in [-0.25, -0.2) is 4.79 Å². The highest BCUT2D eigenvalue weighted by Gasteiger charge is 2.30. The molecule has 0 N–H and O–H groups in total. The van der Waals surface area contributed by atoms with Crippen molar-refractivity contribution in [1.82, 2.24) is 14.5 Å². The SMILES string of the molecule is COC(=O)c1c(OCc2ccncc2)cc(=O)n2c1CCN(C(=O)[C@@H](OC)c1ccccc1)CC2. The van der Waals surface area contributed by atoms with Crippen LogP contribution in [0.15, 0.2) is 65.7 Å². The normalized spacial score (nSPS) is 13.9. The molecule has 4 rings (SSSR count). The maximum absolute atomic E-state index is 13.3. The van der Waals surface area contributed by atoms with Gasteiger partial charge in [0.15, 0.2) is 6.10 Å². The zero-order chi connectivity index (χ0) is 24.8. The molecule has 9 nitrogen and oxygen atoms in total. The summed E-state index contributed by atoms with van der Waals surface area (Å²) in [4.78, 5) is 44.7. The molecular weight excluding hydrogens is 450 g/mol. The average molecular weight is 478 g/mol. The first-order chi connectivity index (χ1) is 17.0. The first-order valence-electron chi connectivity index (χ1n) is 11.3. The van der Waals surface area contributed by atoms with Crippen LogP contribution in [0.3, 0.4) is 0 Å². The molecule has 182 valence electrons. The first kappa shape index (κ1) is 24.2. The van der Waals surface area contributed by atoms with Gasteiger partial charge in [-0.2, -0.15) is 0 Å². The van der Waals surface area contributed by atoms with Crippen molar-refractivity contribution in [3.63, 3.8) is 0 Å². The fourth-order valence-electron chi connectivity index (χ4n) is 4.22. The third-order valence-electron chi connectivity index (χ3n) is 6.00. The van der Waals surface area contributed by atoms with E-state index in [1.54, 1.807) is 29.4 Å². The molecule has 1 atom stereocenters. The van der Waals surface area contributed by atoms with E-state index in [0.717, 1.165) is 11.1 Å². The molecule has 0 aliphatic carbocycles. The molecule has 3 heterocycles. The molecule has 1 amide bonds. The highest BCUT2D eigenvalue weighted by atomic mass is 16.5. The van der Waals surface area contributed by atoms with E-state index in [-0.39, 0.29) is 42.4 Å². The lowest BCUT2D eigenvalue weighted by molar-refractivity contribution is -0.142. The molecule has 2 aromatic heterocycles. The maximum Gasteiger partial charge on any atom is 0.343 e. The number of hydrogen-bond acceptors (Lipinski definition) is 7. The van der Waals surface area contributed by atoms with Crippen LogP contribution in [0, 0.1) is 0 Å². The number of hydrogen-bond donors (Lipinski definition) is 0. The maximum atomic E-state index is 13.3. The Morgan fingerprint density at radius 2 is 1.77 bits per heavy atom. The quantitative estimate of drug-likeness (QED) is 0.482. The minimum absolute atomic E-state index is 0.156. The second-order valence-electron chi connectivity index (χ2n) is 8.06. The van der Waals surface area contributed by atoms with Gasteiger partial charge in [-0.1, -0.05) is 30.3 Å². The Bertz CT molecular complexity index is 1240. The average Bonchev–Trinajstić information content (AvgIpc) is 3.12. The molecule has 0 unspecified atom stereocenters. The van der Waals surface area contributed by atoms with Crippen molar-refractivity contribution in [3.8, 4) is 5.75 Å². The number of carbonyl (C=O) groups is 2. The van der Waals surface area contributed by atoms with Crippen LogP contribution in [0.25, 0.3) is 0 Å². The minimum Gasteiger partial charge on any atom is -0.488 e. The first-order valence-corrected chi connectivity index (χ1v) is 11.3. The number of esters is 1. The van der Waals surface area contributed by atoms with Gasteiger partial charge < -0.3 is 23.7 Å². The van der Waals surface area contributed by atoms with E-state index < -0.39 is 12.1 Å². The topological polar surface area (TPSA) is 100.0 Å². The Morgan fingerprint density at radius 1 is 1.03 bits per heavy atom. The van der Waals surface area contributed by atoms with E-state index in [4.69, 9.17) is 14.2 Å². The van der Waals surface area contributed by atoms with Crippen LogP contribution in [0.4, 0.5) is 0 Å². The predicted molar refractivity (Wildman–Crippen MR) is 127 cm³/mol. The van der Waals surface area contributed by atoms with E-state index in [9.17, 15) is 14.4 Å². The summed E-state index contributed by atoms with van der Waals surface area (Å²) in [5, 5.41) is 0. The lowest BCUT2D eigenvalue weighted by Crippen LogP contribution is -2.38. The Hall–Kier alpha value is -3.98. The standard InChI is InChI=1S/C26H27N3O6/c1-33-24(19-6-4-3-5-7-19)25(31)28-13-10-20-23(26(32)34-2)21(16-22(30)29(20)15-14-28)35-17-18-8-11-27-12-9-18/h3-9,11-12,16,24H,10,13-15,17H2,1-2H3/t24-/m0/s1. The summed E-state index contributed by atoms with van der Waals surface area (Å²) in [7, 11) is 2.78. The van der Waals surface area contributed by atoms with Crippen molar-refractivity contribution in [2.24, 2.45) is 0 Å². The number of ether oxygens (including phenoxy) is 3. The summed E-state index contributed by atoms with van der Waals surface area (Å²) in [6, 6.07) is 14.1. The van der Waals surface area contributed by atoms with Crippen molar-refractivity contribution in [2.75, 3.05) is 27.3 Å². The van der Waals surface area contributed by atoms with Crippen molar-refractivity contribution < 1.29 is 23.8 Å². The molecule has 1 aliphatic heterocycles. The van der Waals surface area contributed by atoms with Crippen LogP contribution in [0.1, 0.15) is 33.3 Å². The number of benzene rings is 1. The van der Waals surface area contributed by atoms with E-state index in [1.165, 1.54) is 24.9 Å². The number of fused-ring (bicyclic) bond motifs is 1. The molecule has 0 bridgehead atoms. The predicted octanol–water partition coefficient (Wildman–Crippen LogP) is 2.38. The van der Waals surface area contributed by atoms with Crippen molar-refractivity contribution in [2.45, 2.75) is 25.7 Å². The van der Waals surface area contributed by atoms with Gasteiger partial charge in [0.2, 0.25) is 0 Å². The molecule has 9 heteroatoms. The van der Waals surface area contributed by atoms with Crippen LogP contribution in [-0.2, 0) is 33.8 Å². The van der Waals surface area contributed by atoms with E-state index >= 15 is 0 Å². The molecule has 35 heavy (non-hydrogen) atoms. The summed E-state index contributed by atoms with van der Waals surface area (Å²) in [5.41, 5.74) is 1.97. The second-order valence-corrected chi connectivity index (χ2v) is 8.06. The Morgan fingerprint density at radius 3 is 2.46 bits per heavy atom. The molecule has 3 aromatic rings. The zero-order valence-electron chi connectivity index (χ0n) is 19.7. The molecule has 0 saturated heterocycles. The third kappa shape index (κ3) is 5.25. The number of aromatic nitrogens is 2. The van der Waals surface area contributed by atoms with Crippen LogP contribution in [0.5, 0.6) is 5.75 Å². The summed E-state index contributed by atoms with van der Waals surface area (Å²) < 4.78 is 17.9. The molecule has 0 radical (unpaired) electrons. The lowest BCUT2D eigenvalue weighted by Gasteiger charge is -2.25. The van der Waals surface area contributed by atoms with Crippen LogP contribution in [0.2, 0.25) is 0 Å². The monoisotopic (exact) mass is 477 g/mol. The molecule has 0 fully saturated rings. The number of amides is 1. The highest BCUT2D eigenvalue weighted by molar-refractivity contribution is 5.93. The van der Waals surface area contributed by atoms with Crippen molar-refractivity contribution in [1.29, 1.82) is 0 Å². The number of pyridine rings is 2. The van der Waals surface area contributed by atoms with Gasteiger partial charge in [0.1, 0.15) is 17.9 Å². The molecular formula is C26H27N3O6. The van der Waals surface area contributed by atoms with E-state index in [0.29, 0.717) is 18.8 Å². The molecule has 1 aliphatic rings. The van der Waals surface area contributed by atoms with Crippen LogP contribution in [-0.4, -0.2) is 53.6 Å². The van der Waals surface area contributed by atoms with Gasteiger partial charge in [0.05, 0.1) is 7.11 Å². The van der Waals surface area contributed by atoms with Crippen molar-refractivity contribution in [3.05, 3.63) is 93.7 Å². The van der Waals surface area contributed by atoms with Crippen molar-refractivity contribution >= 4 is 11.9 Å². The number of rotatable bonds is 7. The van der Waals surface area contributed by atoms with E-state index in [2.05, 4.69) is 4.98 Å².